The number of nitrogens with two attached hydrogens (primary N) is 1. The zero-order chi connectivity index (χ0) is 12.6. The first kappa shape index (κ1) is 12.4. The number of hydrogen-bond acceptors (Lipinski definition) is 2. The maximum atomic E-state index is 12.0. The number of hydrogen-bond donors (Lipinski definition) is 1. The summed E-state index contributed by atoms with van der Waals surface area (Å²) >= 11 is 11.6. The summed E-state index contributed by atoms with van der Waals surface area (Å²) in [7, 11) is 0. The first-order valence-electron chi connectivity index (χ1n) is 5.26. The third kappa shape index (κ3) is 2.79. The van der Waals surface area contributed by atoms with Gasteiger partial charge in [0.2, 0.25) is 5.91 Å². The molecule has 0 saturated heterocycles. The van der Waals surface area contributed by atoms with Crippen LogP contribution in [0.4, 0.5) is 0 Å². The molecule has 0 aromatic heterocycles. The van der Waals surface area contributed by atoms with Crippen LogP contribution in [-0.2, 0) is 4.79 Å². The van der Waals surface area contributed by atoms with Crippen LogP contribution >= 0.6 is 23.2 Å². The molecule has 0 spiro atoms. The Morgan fingerprint density at radius 2 is 2.00 bits per heavy atom. The highest BCUT2D eigenvalue weighted by Crippen LogP contribution is 2.43. The molecule has 17 heavy (non-hydrogen) atoms. The minimum atomic E-state index is -0.362. The molecule has 0 bridgehead atoms. The monoisotopic (exact) mass is 271 g/mol. The molecular weight excluding hydrogens is 261 g/mol. The summed E-state index contributed by atoms with van der Waals surface area (Å²) in [4.78, 5) is 22.7. The van der Waals surface area contributed by atoms with E-state index < -0.39 is 0 Å². The Balaban J connectivity index is 2.06. The van der Waals surface area contributed by atoms with E-state index in [1.54, 1.807) is 18.2 Å². The van der Waals surface area contributed by atoms with Crippen molar-refractivity contribution in [2.45, 2.75) is 12.8 Å². The molecule has 1 aromatic rings. The summed E-state index contributed by atoms with van der Waals surface area (Å²) < 4.78 is 0. The molecule has 0 radical (unpaired) electrons. The van der Waals surface area contributed by atoms with Crippen LogP contribution in [-0.4, -0.2) is 11.7 Å². The molecule has 5 heteroatoms. The van der Waals surface area contributed by atoms with E-state index in [-0.39, 0.29) is 29.9 Å². The maximum Gasteiger partial charge on any atom is 0.217 e. The topological polar surface area (TPSA) is 60.2 Å². The van der Waals surface area contributed by atoms with Gasteiger partial charge >= 0.3 is 0 Å². The van der Waals surface area contributed by atoms with Gasteiger partial charge in [0.1, 0.15) is 0 Å². The van der Waals surface area contributed by atoms with E-state index >= 15 is 0 Å². The van der Waals surface area contributed by atoms with Crippen molar-refractivity contribution < 1.29 is 9.59 Å². The molecule has 2 rings (SSSR count). The number of benzene rings is 1. The van der Waals surface area contributed by atoms with Crippen LogP contribution in [0.15, 0.2) is 18.2 Å². The average molecular weight is 272 g/mol. The first-order valence-corrected chi connectivity index (χ1v) is 6.02. The van der Waals surface area contributed by atoms with Crippen LogP contribution in [0.1, 0.15) is 23.2 Å². The lowest BCUT2D eigenvalue weighted by molar-refractivity contribution is -0.118. The van der Waals surface area contributed by atoms with Crippen LogP contribution in [0.5, 0.6) is 0 Å². The van der Waals surface area contributed by atoms with Crippen LogP contribution in [0, 0.1) is 11.8 Å². The SMILES string of the molecule is NC(=O)CC1CC1C(=O)c1ccc(Cl)c(Cl)c1. The Hall–Kier alpha value is -1.06. The molecule has 2 N–H and O–H groups in total. The molecule has 0 aliphatic heterocycles. The van der Waals surface area contributed by atoms with E-state index in [2.05, 4.69) is 0 Å². The van der Waals surface area contributed by atoms with Crippen molar-refractivity contribution in [1.29, 1.82) is 0 Å². The van der Waals surface area contributed by atoms with E-state index in [1.807, 2.05) is 0 Å². The van der Waals surface area contributed by atoms with Gasteiger partial charge in [-0.25, -0.2) is 0 Å². The van der Waals surface area contributed by atoms with Gasteiger partial charge in [-0.3, -0.25) is 9.59 Å². The van der Waals surface area contributed by atoms with E-state index in [4.69, 9.17) is 28.9 Å². The second kappa shape index (κ2) is 4.67. The highest BCUT2D eigenvalue weighted by molar-refractivity contribution is 6.42. The molecule has 90 valence electrons. The summed E-state index contributed by atoms with van der Waals surface area (Å²) in [5, 5.41) is 0.789. The molecule has 0 heterocycles. The fraction of sp³-hybridized carbons (Fsp3) is 0.333. The Bertz CT molecular complexity index is 487. The number of carbonyl (C=O) groups is 2. The molecular formula is C12H11Cl2NO2. The van der Waals surface area contributed by atoms with Crippen LogP contribution < -0.4 is 5.73 Å². The summed E-state index contributed by atoms with van der Waals surface area (Å²) in [6, 6.07) is 4.81. The standard InChI is InChI=1S/C12H11Cl2NO2/c13-9-2-1-6(4-10(9)14)12(17)8-3-7(8)5-11(15)16/h1-2,4,7-8H,3,5H2,(H2,15,16). The van der Waals surface area contributed by atoms with E-state index in [0.29, 0.717) is 15.6 Å². The van der Waals surface area contributed by atoms with Crippen LogP contribution in [0.2, 0.25) is 10.0 Å². The number of carbonyl (C=O) groups excluding carboxylic acids is 2. The van der Waals surface area contributed by atoms with Crippen molar-refractivity contribution in [3.8, 4) is 0 Å². The number of amides is 1. The molecule has 1 saturated carbocycles. The highest BCUT2D eigenvalue weighted by atomic mass is 35.5. The Morgan fingerprint density at radius 1 is 1.29 bits per heavy atom. The summed E-state index contributed by atoms with van der Waals surface area (Å²) in [5.41, 5.74) is 5.63. The van der Waals surface area contributed by atoms with Crippen molar-refractivity contribution >= 4 is 34.9 Å². The molecule has 1 amide bonds. The molecule has 3 nitrogen and oxygen atoms in total. The van der Waals surface area contributed by atoms with Crippen molar-refractivity contribution in [2.75, 3.05) is 0 Å². The van der Waals surface area contributed by atoms with Gasteiger partial charge in [-0.05, 0) is 30.5 Å². The first-order chi connectivity index (χ1) is 7.99. The van der Waals surface area contributed by atoms with Gasteiger partial charge in [0.25, 0.3) is 0 Å². The quantitative estimate of drug-likeness (QED) is 0.856. The lowest BCUT2D eigenvalue weighted by atomic mass is 10.1. The lowest BCUT2D eigenvalue weighted by Gasteiger charge is -2.02. The van der Waals surface area contributed by atoms with E-state index in [1.165, 1.54) is 0 Å². The Kier molecular flexibility index (Phi) is 3.40. The summed E-state index contributed by atoms with van der Waals surface area (Å²) in [5.74, 6) is -0.358. The van der Waals surface area contributed by atoms with Gasteiger partial charge in [-0.1, -0.05) is 23.2 Å². The minimum Gasteiger partial charge on any atom is -0.370 e. The highest BCUT2D eigenvalue weighted by Gasteiger charge is 2.43. The number of halogens is 2. The molecule has 2 unspecified atom stereocenters. The second-order valence-corrected chi connectivity index (χ2v) is 5.08. The average Bonchev–Trinajstić information content (AvgIpc) is 2.99. The van der Waals surface area contributed by atoms with Crippen molar-refractivity contribution in [2.24, 2.45) is 17.6 Å². The van der Waals surface area contributed by atoms with Gasteiger partial charge in [-0.2, -0.15) is 0 Å². The second-order valence-electron chi connectivity index (χ2n) is 4.27. The van der Waals surface area contributed by atoms with Crippen LogP contribution in [0.25, 0.3) is 0 Å². The third-order valence-electron chi connectivity index (χ3n) is 2.93. The Morgan fingerprint density at radius 3 is 2.59 bits per heavy atom. The lowest BCUT2D eigenvalue weighted by Crippen LogP contribution is -2.13. The maximum absolute atomic E-state index is 12.0. The fourth-order valence-electron chi connectivity index (χ4n) is 1.92. The summed E-state index contributed by atoms with van der Waals surface area (Å²) in [6.45, 7) is 0. The number of Topliss-reactive ketones (excluding diaryl/α,β-unsaturated/α-hetero) is 1. The van der Waals surface area contributed by atoms with Crippen molar-refractivity contribution in [3.63, 3.8) is 0 Å². The molecule has 1 aliphatic rings. The van der Waals surface area contributed by atoms with Gasteiger partial charge in [-0.15, -0.1) is 0 Å². The zero-order valence-electron chi connectivity index (χ0n) is 8.95. The molecule has 1 aliphatic carbocycles. The van der Waals surface area contributed by atoms with Crippen molar-refractivity contribution in [1.82, 2.24) is 0 Å². The number of primary amides is 1. The fourth-order valence-corrected chi connectivity index (χ4v) is 2.21. The predicted molar refractivity (Wildman–Crippen MR) is 66.2 cm³/mol. The zero-order valence-corrected chi connectivity index (χ0v) is 10.5. The normalized spacial score (nSPS) is 22.2. The molecule has 2 atom stereocenters. The molecule has 1 aromatic carbocycles. The van der Waals surface area contributed by atoms with E-state index in [0.717, 1.165) is 6.42 Å². The van der Waals surface area contributed by atoms with E-state index in [9.17, 15) is 9.59 Å². The van der Waals surface area contributed by atoms with Gasteiger partial charge < -0.3 is 5.73 Å². The minimum absolute atomic E-state index is 0.00909. The smallest absolute Gasteiger partial charge is 0.217 e. The van der Waals surface area contributed by atoms with Gasteiger partial charge in [0, 0.05) is 17.9 Å². The molecule has 1 fully saturated rings. The van der Waals surface area contributed by atoms with Gasteiger partial charge in [0.15, 0.2) is 5.78 Å². The van der Waals surface area contributed by atoms with Gasteiger partial charge in [0.05, 0.1) is 10.0 Å². The van der Waals surface area contributed by atoms with Crippen LogP contribution in [0.3, 0.4) is 0 Å². The number of rotatable bonds is 4. The number of ketones is 1. The largest absolute Gasteiger partial charge is 0.370 e. The third-order valence-corrected chi connectivity index (χ3v) is 3.67. The Labute approximate surface area is 109 Å². The predicted octanol–water partition coefficient (Wildman–Crippen LogP) is 2.69. The van der Waals surface area contributed by atoms with Crippen molar-refractivity contribution in [3.05, 3.63) is 33.8 Å². The summed E-state index contributed by atoms with van der Waals surface area (Å²) in [6.07, 6.45) is 1.000.